The number of nitrogens with one attached hydrogen (secondary N) is 2. The number of rotatable bonds is 5. The normalized spacial score (nSPS) is 12.1. The fourth-order valence-corrected chi connectivity index (χ4v) is 4.65. The Labute approximate surface area is 211 Å². The number of para-hydroxylation sites is 1. The van der Waals surface area contributed by atoms with E-state index >= 15 is 4.39 Å². The summed E-state index contributed by atoms with van der Waals surface area (Å²) in [5.41, 5.74) is 4.29. The molecule has 2 N–H and O–H groups in total. The Morgan fingerprint density at radius 2 is 1.73 bits per heavy atom. The van der Waals surface area contributed by atoms with Gasteiger partial charge in [0.2, 0.25) is 0 Å². The second-order valence-electron chi connectivity index (χ2n) is 8.62. The van der Waals surface area contributed by atoms with Gasteiger partial charge in [-0.15, -0.1) is 0 Å². The number of H-pyrrole nitrogens is 1. The third kappa shape index (κ3) is 3.98. The molecule has 0 saturated heterocycles. The van der Waals surface area contributed by atoms with Crippen molar-refractivity contribution in [3.05, 3.63) is 113 Å². The van der Waals surface area contributed by atoms with Crippen molar-refractivity contribution < 1.29 is 4.39 Å². The molecule has 6 rings (SSSR count). The van der Waals surface area contributed by atoms with E-state index in [2.05, 4.69) is 25.3 Å². The van der Waals surface area contributed by atoms with Gasteiger partial charge in [-0.2, -0.15) is 0 Å². The lowest BCUT2D eigenvalue weighted by Crippen LogP contribution is -2.15. The van der Waals surface area contributed by atoms with Gasteiger partial charge in [0.25, 0.3) is 0 Å². The molecule has 1 atom stereocenters. The molecule has 8 heteroatoms. The van der Waals surface area contributed by atoms with Crippen LogP contribution in [0.2, 0.25) is 0 Å². The molecule has 4 aromatic heterocycles. The molecule has 0 bridgehead atoms. The maximum absolute atomic E-state index is 15.2. The van der Waals surface area contributed by atoms with Gasteiger partial charge in [0.1, 0.15) is 34.5 Å². The molecule has 0 aliphatic rings. The number of benzene rings is 2. The van der Waals surface area contributed by atoms with Crippen LogP contribution in [0.4, 0.5) is 10.2 Å². The van der Waals surface area contributed by atoms with E-state index in [0.29, 0.717) is 33.6 Å². The van der Waals surface area contributed by atoms with Crippen LogP contribution in [0.15, 0.2) is 96.3 Å². The first-order valence-corrected chi connectivity index (χ1v) is 11.8. The van der Waals surface area contributed by atoms with E-state index in [0.717, 1.165) is 16.7 Å². The van der Waals surface area contributed by atoms with Crippen molar-refractivity contribution in [2.75, 3.05) is 5.32 Å². The van der Waals surface area contributed by atoms with Crippen molar-refractivity contribution in [3.63, 3.8) is 0 Å². The highest BCUT2D eigenvalue weighted by Gasteiger charge is 2.24. The summed E-state index contributed by atoms with van der Waals surface area (Å²) < 4.78 is 15.2. The Morgan fingerprint density at radius 3 is 2.54 bits per heavy atom. The molecule has 0 aliphatic heterocycles. The average molecular weight is 489 g/mol. The predicted molar refractivity (Wildman–Crippen MR) is 143 cm³/mol. The lowest BCUT2D eigenvalue weighted by atomic mass is 9.90. The van der Waals surface area contributed by atoms with E-state index in [9.17, 15) is 4.79 Å². The van der Waals surface area contributed by atoms with E-state index in [1.165, 1.54) is 18.5 Å². The van der Waals surface area contributed by atoms with Crippen molar-refractivity contribution in [1.82, 2.24) is 24.9 Å². The summed E-state index contributed by atoms with van der Waals surface area (Å²) in [5, 5.41) is 4.35. The molecular weight excluding hydrogens is 467 g/mol. The number of aromatic amines is 1. The summed E-state index contributed by atoms with van der Waals surface area (Å²) in [4.78, 5) is 33.6. The molecule has 180 valence electrons. The van der Waals surface area contributed by atoms with E-state index in [1.807, 2.05) is 61.5 Å². The zero-order chi connectivity index (χ0) is 25.4. The topological polar surface area (TPSA) is 96.5 Å². The van der Waals surface area contributed by atoms with Crippen LogP contribution >= 0.6 is 0 Å². The molecule has 37 heavy (non-hydrogen) atoms. The van der Waals surface area contributed by atoms with Crippen molar-refractivity contribution in [2.24, 2.45) is 0 Å². The van der Waals surface area contributed by atoms with Gasteiger partial charge in [0.05, 0.1) is 17.4 Å². The minimum absolute atomic E-state index is 0.209. The summed E-state index contributed by atoms with van der Waals surface area (Å²) in [6.45, 7) is 1.91. The zero-order valence-corrected chi connectivity index (χ0v) is 19.8. The number of nitrogens with zero attached hydrogens (tertiary/aromatic N) is 4. The van der Waals surface area contributed by atoms with Gasteiger partial charge >= 0.3 is 0 Å². The molecule has 4 heterocycles. The molecule has 0 aliphatic carbocycles. The Kier molecular flexibility index (Phi) is 5.61. The quantitative estimate of drug-likeness (QED) is 0.313. The summed E-state index contributed by atoms with van der Waals surface area (Å²) >= 11 is 0. The number of hydrogen-bond acceptors (Lipinski definition) is 6. The Bertz CT molecular complexity index is 1800. The van der Waals surface area contributed by atoms with Crippen molar-refractivity contribution in [2.45, 2.75) is 13.0 Å². The maximum atomic E-state index is 15.2. The number of halogens is 1. The van der Waals surface area contributed by atoms with Crippen molar-refractivity contribution in [3.8, 4) is 22.4 Å². The van der Waals surface area contributed by atoms with Crippen LogP contribution in [0.3, 0.4) is 0 Å². The third-order valence-corrected chi connectivity index (χ3v) is 6.29. The van der Waals surface area contributed by atoms with Gasteiger partial charge < -0.3 is 10.3 Å². The number of pyridine rings is 3. The molecular formula is C29H21FN6O. The van der Waals surface area contributed by atoms with E-state index < -0.39 is 11.9 Å². The summed E-state index contributed by atoms with van der Waals surface area (Å²) in [6, 6.07) is 21.4. The van der Waals surface area contributed by atoms with Gasteiger partial charge in [0, 0.05) is 35.0 Å². The first-order valence-electron chi connectivity index (χ1n) is 11.8. The minimum atomic E-state index is -0.459. The highest BCUT2D eigenvalue weighted by molar-refractivity contribution is 6.03. The summed E-state index contributed by atoms with van der Waals surface area (Å²) in [5.74, 6) is -0.0557. The van der Waals surface area contributed by atoms with Gasteiger partial charge in [-0.1, -0.05) is 48.5 Å². The molecule has 0 amide bonds. The fourth-order valence-electron chi connectivity index (χ4n) is 4.65. The van der Waals surface area contributed by atoms with Gasteiger partial charge in [-0.25, -0.2) is 19.3 Å². The van der Waals surface area contributed by atoms with Crippen LogP contribution < -0.4 is 10.7 Å². The van der Waals surface area contributed by atoms with E-state index in [1.54, 1.807) is 18.5 Å². The SMILES string of the molecule is CC(Nc1ncnc2[nH]ccc(=O)c12)c1nc2c(F)cccc2c(-c2ccccn2)c1-c1ccccc1. The second kappa shape index (κ2) is 9.23. The first kappa shape index (κ1) is 22.5. The Morgan fingerprint density at radius 1 is 0.892 bits per heavy atom. The number of aromatic nitrogens is 5. The highest BCUT2D eigenvalue weighted by Crippen LogP contribution is 2.41. The second-order valence-corrected chi connectivity index (χ2v) is 8.62. The largest absolute Gasteiger partial charge is 0.361 e. The molecule has 7 nitrogen and oxygen atoms in total. The summed E-state index contributed by atoms with van der Waals surface area (Å²) in [7, 11) is 0. The third-order valence-electron chi connectivity index (χ3n) is 6.29. The molecule has 0 radical (unpaired) electrons. The molecule has 0 fully saturated rings. The standard InChI is InChI=1S/C29H21FN6O/c1-17(35-29-25-22(37)13-15-32-28(25)33-16-34-29)26-23(18-8-3-2-4-9-18)24(21-12-5-6-14-31-21)19-10-7-11-20(30)27(19)36-26/h2-17H,1H3,(H2,32,33,34,35,37). The Hall–Kier alpha value is -4.98. The highest BCUT2D eigenvalue weighted by atomic mass is 19.1. The molecule has 1 unspecified atom stereocenters. The molecule has 2 aromatic carbocycles. The number of hydrogen-bond donors (Lipinski definition) is 2. The van der Waals surface area contributed by atoms with Crippen LogP contribution in [-0.2, 0) is 0 Å². The van der Waals surface area contributed by atoms with Gasteiger partial charge in [-0.3, -0.25) is 9.78 Å². The van der Waals surface area contributed by atoms with Gasteiger partial charge in [-0.05, 0) is 30.7 Å². The molecule has 0 saturated carbocycles. The van der Waals surface area contributed by atoms with Crippen LogP contribution in [0.1, 0.15) is 18.7 Å². The minimum Gasteiger partial charge on any atom is -0.361 e. The van der Waals surface area contributed by atoms with Crippen LogP contribution in [0, 0.1) is 5.82 Å². The monoisotopic (exact) mass is 488 g/mol. The van der Waals surface area contributed by atoms with Crippen molar-refractivity contribution >= 4 is 27.8 Å². The lowest BCUT2D eigenvalue weighted by molar-refractivity contribution is 0.636. The van der Waals surface area contributed by atoms with Crippen molar-refractivity contribution in [1.29, 1.82) is 0 Å². The first-order chi connectivity index (χ1) is 18.1. The molecule has 6 aromatic rings. The van der Waals surface area contributed by atoms with Crippen LogP contribution in [0.25, 0.3) is 44.3 Å². The van der Waals surface area contributed by atoms with Gasteiger partial charge in [0.15, 0.2) is 5.43 Å². The average Bonchev–Trinajstić information content (AvgIpc) is 2.93. The number of fused-ring (bicyclic) bond motifs is 2. The van der Waals surface area contributed by atoms with Crippen LogP contribution in [-0.4, -0.2) is 24.9 Å². The smallest absolute Gasteiger partial charge is 0.194 e. The fraction of sp³-hybridized carbons (Fsp3) is 0.0690. The molecule has 0 spiro atoms. The Balaban J connectivity index is 1.64. The maximum Gasteiger partial charge on any atom is 0.194 e. The lowest BCUT2D eigenvalue weighted by Gasteiger charge is -2.22. The number of anilines is 1. The zero-order valence-electron chi connectivity index (χ0n) is 19.8. The van der Waals surface area contributed by atoms with Crippen LogP contribution in [0.5, 0.6) is 0 Å². The van der Waals surface area contributed by atoms with E-state index in [-0.39, 0.29) is 10.9 Å². The van der Waals surface area contributed by atoms with E-state index in [4.69, 9.17) is 4.98 Å². The summed E-state index contributed by atoms with van der Waals surface area (Å²) in [6.07, 6.45) is 4.65. The predicted octanol–water partition coefficient (Wildman–Crippen LogP) is 5.91.